The van der Waals surface area contributed by atoms with E-state index in [4.69, 9.17) is 0 Å². The molecule has 11 heteroatoms. The highest BCUT2D eigenvalue weighted by molar-refractivity contribution is 7.94. The van der Waals surface area contributed by atoms with Gasteiger partial charge in [-0.2, -0.15) is 8.42 Å². The minimum Gasteiger partial charge on any atom is -0.258 e. The highest BCUT2D eigenvalue weighted by atomic mass is 32.2. The Kier molecular flexibility index (Phi) is 5.03. The molecule has 0 aliphatic carbocycles. The van der Waals surface area contributed by atoms with Crippen molar-refractivity contribution in [3.05, 3.63) is 104 Å². The van der Waals surface area contributed by atoms with Gasteiger partial charge in [-0.25, -0.2) is 8.61 Å². The first-order chi connectivity index (χ1) is 14.8. The number of nitrogens with zero attached hydrogens (tertiary/aromatic N) is 4. The molecule has 0 amide bonds. The van der Waals surface area contributed by atoms with Crippen molar-refractivity contribution in [1.82, 2.24) is 0 Å². The molecule has 3 aromatic rings. The van der Waals surface area contributed by atoms with Crippen LogP contribution in [-0.4, -0.2) is 18.3 Å². The zero-order valence-electron chi connectivity index (χ0n) is 16.0. The lowest BCUT2D eigenvalue weighted by atomic mass is 10.1. The molecule has 0 aromatic heterocycles. The standard InChI is InChI=1S/C20H16N4O6S/c25-23(26)17-9-3-1-7-15(17)13-21-19-11-5-6-12-20(19)22(31(21,29)30)14-16-8-2-4-10-18(16)24(27)28/h1-12H,13-14H2. The summed E-state index contributed by atoms with van der Waals surface area (Å²) in [7, 11) is -4.15. The minimum atomic E-state index is -4.15. The highest BCUT2D eigenvalue weighted by Gasteiger charge is 2.41. The van der Waals surface area contributed by atoms with E-state index in [0.29, 0.717) is 11.4 Å². The van der Waals surface area contributed by atoms with Gasteiger partial charge < -0.3 is 0 Å². The van der Waals surface area contributed by atoms with Crippen LogP contribution in [0.4, 0.5) is 22.7 Å². The molecule has 31 heavy (non-hydrogen) atoms. The van der Waals surface area contributed by atoms with Crippen molar-refractivity contribution in [1.29, 1.82) is 0 Å². The summed E-state index contributed by atoms with van der Waals surface area (Å²) in [6, 6.07) is 18.4. The average molecular weight is 440 g/mol. The molecule has 0 atom stereocenters. The highest BCUT2D eigenvalue weighted by Crippen LogP contribution is 2.43. The molecule has 0 N–H and O–H groups in total. The minimum absolute atomic E-state index is 0.188. The van der Waals surface area contributed by atoms with Gasteiger partial charge in [-0.05, 0) is 12.1 Å². The Labute approximate surface area is 177 Å². The normalized spacial score (nSPS) is 14.3. The van der Waals surface area contributed by atoms with Gasteiger partial charge in [0.1, 0.15) is 0 Å². The molecule has 0 bridgehead atoms. The van der Waals surface area contributed by atoms with Crippen LogP contribution in [0.2, 0.25) is 0 Å². The van der Waals surface area contributed by atoms with E-state index in [-0.39, 0.29) is 35.6 Å². The third-order valence-electron chi connectivity index (χ3n) is 4.98. The smallest absolute Gasteiger partial charge is 0.258 e. The lowest BCUT2D eigenvalue weighted by Crippen LogP contribution is -2.37. The monoisotopic (exact) mass is 440 g/mol. The van der Waals surface area contributed by atoms with E-state index in [1.807, 2.05) is 0 Å². The molecule has 1 heterocycles. The Morgan fingerprint density at radius 1 is 0.645 bits per heavy atom. The molecule has 0 saturated carbocycles. The number of hydrogen-bond acceptors (Lipinski definition) is 6. The fraction of sp³-hybridized carbons (Fsp3) is 0.100. The molecule has 0 fully saturated rings. The Hall–Kier alpha value is -3.99. The van der Waals surface area contributed by atoms with E-state index in [1.54, 1.807) is 36.4 Å². The van der Waals surface area contributed by atoms with Crippen molar-refractivity contribution in [2.75, 3.05) is 8.61 Å². The van der Waals surface area contributed by atoms with E-state index in [0.717, 1.165) is 8.61 Å². The molecule has 10 nitrogen and oxygen atoms in total. The molecule has 4 rings (SSSR count). The van der Waals surface area contributed by atoms with Crippen molar-refractivity contribution in [2.24, 2.45) is 0 Å². The summed E-state index contributed by atoms with van der Waals surface area (Å²) in [6.45, 7) is -0.492. The van der Waals surface area contributed by atoms with Gasteiger partial charge in [0.05, 0.1) is 45.4 Å². The fourth-order valence-electron chi connectivity index (χ4n) is 3.54. The molecule has 1 aliphatic rings. The summed E-state index contributed by atoms with van der Waals surface area (Å²) in [4.78, 5) is 21.6. The first kappa shape index (κ1) is 20.3. The predicted octanol–water partition coefficient (Wildman–Crippen LogP) is 3.77. The molecular formula is C20H16N4O6S. The zero-order chi connectivity index (χ0) is 22.2. The summed E-state index contributed by atoms with van der Waals surface area (Å²) < 4.78 is 29.0. The molecule has 1 aliphatic heterocycles. The second kappa shape index (κ2) is 7.69. The van der Waals surface area contributed by atoms with Crippen LogP contribution in [0.25, 0.3) is 0 Å². The van der Waals surface area contributed by atoms with Crippen LogP contribution < -0.4 is 8.61 Å². The summed E-state index contributed by atoms with van der Waals surface area (Å²) >= 11 is 0. The molecule has 0 unspecified atom stereocenters. The van der Waals surface area contributed by atoms with Gasteiger partial charge in [0, 0.05) is 12.1 Å². The van der Waals surface area contributed by atoms with Crippen LogP contribution in [0.3, 0.4) is 0 Å². The summed E-state index contributed by atoms with van der Waals surface area (Å²) in [5.74, 6) is 0. The Morgan fingerprint density at radius 2 is 1.00 bits per heavy atom. The van der Waals surface area contributed by atoms with E-state index in [9.17, 15) is 28.6 Å². The molecule has 0 saturated heterocycles. The number of rotatable bonds is 6. The zero-order valence-corrected chi connectivity index (χ0v) is 16.8. The van der Waals surface area contributed by atoms with Crippen LogP contribution in [0.5, 0.6) is 0 Å². The topological polar surface area (TPSA) is 127 Å². The van der Waals surface area contributed by atoms with Gasteiger partial charge in [0.2, 0.25) is 0 Å². The SMILES string of the molecule is O=[N+]([O-])c1ccccc1CN1c2ccccc2N(Cc2ccccc2[N+](=O)[O-])S1(=O)=O. The number of nitro groups is 2. The van der Waals surface area contributed by atoms with E-state index < -0.39 is 20.1 Å². The number of hydrogen-bond donors (Lipinski definition) is 0. The van der Waals surface area contributed by atoms with E-state index >= 15 is 0 Å². The van der Waals surface area contributed by atoms with Crippen molar-refractivity contribution in [3.63, 3.8) is 0 Å². The molecule has 0 spiro atoms. The third kappa shape index (κ3) is 3.55. The number of anilines is 2. The molecule has 3 aromatic carbocycles. The Bertz CT molecular complexity index is 1200. The predicted molar refractivity (Wildman–Crippen MR) is 114 cm³/mol. The van der Waals surface area contributed by atoms with Crippen molar-refractivity contribution >= 4 is 33.0 Å². The maximum Gasteiger partial charge on any atom is 0.327 e. The third-order valence-corrected chi connectivity index (χ3v) is 6.75. The Balaban J connectivity index is 1.78. The Morgan fingerprint density at radius 3 is 1.39 bits per heavy atom. The van der Waals surface area contributed by atoms with Crippen LogP contribution in [0.15, 0.2) is 72.8 Å². The van der Waals surface area contributed by atoms with Crippen LogP contribution in [0, 0.1) is 20.2 Å². The van der Waals surface area contributed by atoms with Gasteiger partial charge in [0.15, 0.2) is 0 Å². The largest absolute Gasteiger partial charge is 0.327 e. The van der Waals surface area contributed by atoms with Crippen LogP contribution in [0.1, 0.15) is 11.1 Å². The second-order valence-electron chi connectivity index (χ2n) is 6.78. The van der Waals surface area contributed by atoms with Gasteiger partial charge in [0.25, 0.3) is 11.4 Å². The molecular weight excluding hydrogens is 424 g/mol. The fourth-order valence-corrected chi connectivity index (χ4v) is 5.19. The average Bonchev–Trinajstić information content (AvgIpc) is 2.95. The summed E-state index contributed by atoms with van der Waals surface area (Å²) in [5, 5.41) is 22.7. The first-order valence-corrected chi connectivity index (χ1v) is 10.5. The van der Waals surface area contributed by atoms with Crippen LogP contribution >= 0.6 is 0 Å². The number of benzene rings is 3. The number of nitro benzene ring substituents is 2. The lowest BCUT2D eigenvalue weighted by molar-refractivity contribution is -0.385. The molecule has 0 radical (unpaired) electrons. The summed E-state index contributed by atoms with van der Waals surface area (Å²) in [6.07, 6.45) is 0. The van der Waals surface area contributed by atoms with Gasteiger partial charge in [-0.15, -0.1) is 0 Å². The van der Waals surface area contributed by atoms with Crippen molar-refractivity contribution < 1.29 is 18.3 Å². The number of para-hydroxylation sites is 4. The maximum atomic E-state index is 13.4. The first-order valence-electron chi connectivity index (χ1n) is 9.14. The number of fused-ring (bicyclic) bond motifs is 1. The second-order valence-corrected chi connectivity index (χ2v) is 8.56. The van der Waals surface area contributed by atoms with Crippen LogP contribution in [-0.2, 0) is 23.3 Å². The van der Waals surface area contributed by atoms with E-state index in [2.05, 4.69) is 0 Å². The van der Waals surface area contributed by atoms with Crippen molar-refractivity contribution in [3.8, 4) is 0 Å². The quantitative estimate of drug-likeness (QED) is 0.424. The molecule has 158 valence electrons. The van der Waals surface area contributed by atoms with E-state index in [1.165, 1.54) is 36.4 Å². The van der Waals surface area contributed by atoms with Crippen molar-refractivity contribution in [2.45, 2.75) is 13.1 Å². The van der Waals surface area contributed by atoms with Gasteiger partial charge in [-0.3, -0.25) is 20.2 Å². The maximum absolute atomic E-state index is 13.4. The summed E-state index contributed by atoms with van der Waals surface area (Å²) in [5.41, 5.74) is 0.787. The lowest BCUT2D eigenvalue weighted by Gasteiger charge is -2.22. The van der Waals surface area contributed by atoms with Gasteiger partial charge >= 0.3 is 10.2 Å². The van der Waals surface area contributed by atoms with Gasteiger partial charge in [-0.1, -0.05) is 48.5 Å².